The number of aromatic nitrogens is 2. The minimum atomic E-state index is 0.620. The fourth-order valence-corrected chi connectivity index (χ4v) is 2.66. The molecule has 0 bridgehead atoms. The van der Waals surface area contributed by atoms with Gasteiger partial charge in [0.1, 0.15) is 5.82 Å². The van der Waals surface area contributed by atoms with E-state index in [-0.39, 0.29) is 0 Å². The molecule has 1 N–H and O–H groups in total. The maximum atomic E-state index is 4.43. The van der Waals surface area contributed by atoms with Crippen molar-refractivity contribution in [1.82, 2.24) is 14.9 Å². The third-order valence-corrected chi connectivity index (χ3v) is 3.81. The zero-order valence-electron chi connectivity index (χ0n) is 11.4. The van der Waals surface area contributed by atoms with Crippen molar-refractivity contribution in [3.8, 4) is 0 Å². The van der Waals surface area contributed by atoms with Crippen LogP contribution in [-0.4, -0.2) is 15.6 Å². The first kappa shape index (κ1) is 12.4. The molecule has 19 heavy (non-hydrogen) atoms. The number of aryl methyl sites for hydroxylation is 1. The van der Waals surface area contributed by atoms with Crippen LogP contribution in [-0.2, 0) is 13.1 Å². The molecule has 0 radical (unpaired) electrons. The van der Waals surface area contributed by atoms with Gasteiger partial charge >= 0.3 is 0 Å². The monoisotopic (exact) mass is 255 g/mol. The van der Waals surface area contributed by atoms with Crippen molar-refractivity contribution in [3.05, 3.63) is 54.1 Å². The van der Waals surface area contributed by atoms with E-state index in [0.29, 0.717) is 12.0 Å². The summed E-state index contributed by atoms with van der Waals surface area (Å²) < 4.78 is 2.24. The lowest BCUT2D eigenvalue weighted by molar-refractivity contribution is 0.582. The second kappa shape index (κ2) is 5.57. The molecule has 1 aromatic carbocycles. The van der Waals surface area contributed by atoms with Crippen LogP contribution in [0.25, 0.3) is 0 Å². The number of imidazole rings is 1. The van der Waals surface area contributed by atoms with Gasteiger partial charge in [-0.25, -0.2) is 4.98 Å². The molecule has 2 aromatic rings. The van der Waals surface area contributed by atoms with Crippen molar-refractivity contribution in [2.24, 2.45) is 0 Å². The second-order valence-corrected chi connectivity index (χ2v) is 5.28. The van der Waals surface area contributed by atoms with Gasteiger partial charge in [-0.1, -0.05) is 37.3 Å². The van der Waals surface area contributed by atoms with Gasteiger partial charge in [0, 0.05) is 30.9 Å². The summed E-state index contributed by atoms with van der Waals surface area (Å²) >= 11 is 0. The highest BCUT2D eigenvalue weighted by molar-refractivity contribution is 5.27. The van der Waals surface area contributed by atoms with Crippen LogP contribution in [0.4, 0.5) is 0 Å². The maximum Gasteiger partial charge on any atom is 0.122 e. The molecule has 3 nitrogen and oxygen atoms in total. The van der Waals surface area contributed by atoms with Gasteiger partial charge in [-0.3, -0.25) is 0 Å². The lowest BCUT2D eigenvalue weighted by atomic mass is 10.1. The van der Waals surface area contributed by atoms with Crippen molar-refractivity contribution >= 4 is 0 Å². The molecule has 3 rings (SSSR count). The molecule has 0 aliphatic heterocycles. The minimum Gasteiger partial charge on any atom is -0.334 e. The average molecular weight is 255 g/mol. The molecule has 2 unspecified atom stereocenters. The van der Waals surface area contributed by atoms with Gasteiger partial charge in [0.15, 0.2) is 0 Å². The summed E-state index contributed by atoms with van der Waals surface area (Å²) in [6, 6.07) is 11.4. The first-order chi connectivity index (χ1) is 9.38. The zero-order valence-corrected chi connectivity index (χ0v) is 11.4. The van der Waals surface area contributed by atoms with Crippen molar-refractivity contribution in [2.75, 3.05) is 0 Å². The SMILES string of the molecule is CCCn1ccnc1CNC1CC1c1ccccc1. The van der Waals surface area contributed by atoms with Gasteiger partial charge in [-0.05, 0) is 18.4 Å². The molecule has 3 heteroatoms. The Morgan fingerprint density at radius 1 is 1.32 bits per heavy atom. The van der Waals surface area contributed by atoms with Gasteiger partial charge in [0.05, 0.1) is 6.54 Å². The van der Waals surface area contributed by atoms with E-state index in [0.717, 1.165) is 25.3 Å². The van der Waals surface area contributed by atoms with Gasteiger partial charge < -0.3 is 9.88 Å². The molecule has 1 aliphatic rings. The topological polar surface area (TPSA) is 29.9 Å². The Hall–Kier alpha value is -1.61. The molecule has 1 aromatic heterocycles. The Balaban J connectivity index is 1.53. The molecular formula is C16H21N3. The van der Waals surface area contributed by atoms with Gasteiger partial charge in [-0.15, -0.1) is 0 Å². The van der Waals surface area contributed by atoms with Crippen molar-refractivity contribution in [3.63, 3.8) is 0 Å². The summed E-state index contributed by atoms with van der Waals surface area (Å²) in [6.07, 6.45) is 6.37. The molecule has 0 saturated heterocycles. The van der Waals surface area contributed by atoms with Crippen LogP contribution in [0.3, 0.4) is 0 Å². The average Bonchev–Trinajstić information content (AvgIpc) is 3.10. The second-order valence-electron chi connectivity index (χ2n) is 5.28. The van der Waals surface area contributed by atoms with Crippen LogP contribution in [0.5, 0.6) is 0 Å². The molecule has 1 heterocycles. The van der Waals surface area contributed by atoms with Gasteiger partial charge in [-0.2, -0.15) is 0 Å². The highest BCUT2D eigenvalue weighted by Gasteiger charge is 2.37. The molecule has 2 atom stereocenters. The van der Waals surface area contributed by atoms with Crippen LogP contribution in [0, 0.1) is 0 Å². The van der Waals surface area contributed by atoms with Crippen LogP contribution in [0.2, 0.25) is 0 Å². The number of benzene rings is 1. The van der Waals surface area contributed by atoms with E-state index in [1.807, 2.05) is 6.20 Å². The lowest BCUT2D eigenvalue weighted by Crippen LogP contribution is -2.20. The fraction of sp³-hybridized carbons (Fsp3) is 0.438. The smallest absolute Gasteiger partial charge is 0.122 e. The summed E-state index contributed by atoms with van der Waals surface area (Å²) in [7, 11) is 0. The van der Waals surface area contributed by atoms with E-state index < -0.39 is 0 Å². The standard InChI is InChI=1S/C16H21N3/c1-2-9-19-10-8-17-16(19)12-18-15-11-14(15)13-6-4-3-5-7-13/h3-8,10,14-15,18H,2,9,11-12H2,1H3. The van der Waals surface area contributed by atoms with E-state index in [9.17, 15) is 0 Å². The quantitative estimate of drug-likeness (QED) is 0.860. The molecule has 1 aliphatic carbocycles. The Bertz CT molecular complexity index is 518. The Kier molecular flexibility index (Phi) is 3.65. The van der Waals surface area contributed by atoms with Crippen molar-refractivity contribution in [1.29, 1.82) is 0 Å². The largest absolute Gasteiger partial charge is 0.334 e. The summed E-state index contributed by atoms with van der Waals surface area (Å²) in [5.41, 5.74) is 1.46. The molecule has 100 valence electrons. The van der Waals surface area contributed by atoms with Crippen LogP contribution < -0.4 is 5.32 Å². The summed E-state index contributed by atoms with van der Waals surface area (Å²) in [4.78, 5) is 4.43. The molecule has 0 amide bonds. The number of hydrogen-bond acceptors (Lipinski definition) is 2. The third kappa shape index (κ3) is 2.87. The lowest BCUT2D eigenvalue weighted by Gasteiger charge is -2.07. The summed E-state index contributed by atoms with van der Waals surface area (Å²) in [6.45, 7) is 4.13. The van der Waals surface area contributed by atoms with Crippen molar-refractivity contribution < 1.29 is 0 Å². The molecular weight excluding hydrogens is 234 g/mol. The zero-order chi connectivity index (χ0) is 13.1. The predicted octanol–water partition coefficient (Wildman–Crippen LogP) is 2.94. The summed E-state index contributed by atoms with van der Waals surface area (Å²) in [5.74, 6) is 1.84. The predicted molar refractivity (Wildman–Crippen MR) is 76.9 cm³/mol. The van der Waals surface area contributed by atoms with Gasteiger partial charge in [0.25, 0.3) is 0 Å². The fourth-order valence-electron chi connectivity index (χ4n) is 2.66. The third-order valence-electron chi connectivity index (χ3n) is 3.81. The number of nitrogens with zero attached hydrogens (tertiary/aromatic N) is 2. The maximum absolute atomic E-state index is 4.43. The van der Waals surface area contributed by atoms with E-state index in [4.69, 9.17) is 0 Å². The van der Waals surface area contributed by atoms with Crippen molar-refractivity contribution in [2.45, 2.75) is 44.8 Å². The molecule has 1 saturated carbocycles. The number of nitrogens with one attached hydrogen (secondary N) is 1. The van der Waals surface area contributed by atoms with Crippen LogP contribution >= 0.6 is 0 Å². The van der Waals surface area contributed by atoms with E-state index in [2.05, 4.69) is 58.3 Å². The Morgan fingerprint density at radius 3 is 2.95 bits per heavy atom. The van der Waals surface area contributed by atoms with E-state index >= 15 is 0 Å². The van der Waals surface area contributed by atoms with Gasteiger partial charge in [0.2, 0.25) is 0 Å². The Morgan fingerprint density at radius 2 is 2.16 bits per heavy atom. The first-order valence-electron chi connectivity index (χ1n) is 7.17. The van der Waals surface area contributed by atoms with Crippen LogP contribution in [0.1, 0.15) is 37.1 Å². The normalized spacial score (nSPS) is 21.5. The highest BCUT2D eigenvalue weighted by Crippen LogP contribution is 2.40. The Labute approximate surface area is 114 Å². The molecule has 1 fully saturated rings. The van der Waals surface area contributed by atoms with E-state index in [1.54, 1.807) is 0 Å². The van der Waals surface area contributed by atoms with E-state index in [1.165, 1.54) is 12.0 Å². The first-order valence-corrected chi connectivity index (χ1v) is 7.17. The number of hydrogen-bond donors (Lipinski definition) is 1. The highest BCUT2D eigenvalue weighted by atomic mass is 15.1. The number of rotatable bonds is 6. The molecule has 0 spiro atoms. The van der Waals surface area contributed by atoms with Crippen LogP contribution in [0.15, 0.2) is 42.7 Å². The minimum absolute atomic E-state index is 0.620. The summed E-state index contributed by atoms with van der Waals surface area (Å²) in [5, 5.41) is 3.62.